The zero-order valence-corrected chi connectivity index (χ0v) is 32.6. The van der Waals surface area contributed by atoms with Crippen LogP contribution in [0.1, 0.15) is 0 Å². The number of fused-ring (bicyclic) bond motifs is 8. The van der Waals surface area contributed by atoms with Crippen LogP contribution in [0.15, 0.2) is 218 Å². The van der Waals surface area contributed by atoms with Gasteiger partial charge in [-0.25, -0.2) is 0 Å². The number of nitrogens with zero attached hydrogens (tertiary/aromatic N) is 2. The summed E-state index contributed by atoms with van der Waals surface area (Å²) in [5.41, 5.74) is 9.27. The summed E-state index contributed by atoms with van der Waals surface area (Å²) in [5.74, 6) is 1.77. The zero-order chi connectivity index (χ0) is 38.2. The minimum Gasteiger partial charge on any atom is -0.453 e. The maximum atomic E-state index is 6.37. The number of ether oxygens (including phenoxy) is 1. The summed E-state index contributed by atoms with van der Waals surface area (Å²) < 4.78 is 11.2. The molecule has 3 nitrogen and oxygen atoms in total. The van der Waals surface area contributed by atoms with Crippen LogP contribution in [0.3, 0.4) is 0 Å². The molecule has 0 spiro atoms. The van der Waals surface area contributed by atoms with Gasteiger partial charge >= 0.3 is 0 Å². The summed E-state index contributed by atoms with van der Waals surface area (Å²) in [5, 5.41) is 10.4. The van der Waals surface area contributed by atoms with Crippen LogP contribution >= 0.6 is 0 Å². The molecule has 0 unspecified atom stereocenters. The molecule has 3 heterocycles. The van der Waals surface area contributed by atoms with Gasteiger partial charge in [0.25, 0.3) is 0 Å². The lowest BCUT2D eigenvalue weighted by Crippen LogP contribution is -2.74. The minimum atomic E-state index is -2.69. The first kappa shape index (κ1) is 32.8. The fourth-order valence-corrected chi connectivity index (χ4v) is 14.5. The van der Waals surface area contributed by atoms with Gasteiger partial charge in [-0.05, 0) is 80.4 Å². The van der Waals surface area contributed by atoms with Crippen LogP contribution in [-0.4, -0.2) is 17.2 Å². The Morgan fingerprint density at radius 1 is 0.328 bits per heavy atom. The number of aromatic nitrogens is 2. The molecule has 58 heavy (non-hydrogen) atoms. The Hall–Kier alpha value is -7.40. The molecule has 9 aromatic carbocycles. The molecular weight excluding hydrogens is 721 g/mol. The van der Waals surface area contributed by atoms with Crippen LogP contribution < -0.4 is 25.5 Å². The molecule has 0 bridgehead atoms. The number of hydrogen-bond donors (Lipinski definition) is 0. The summed E-state index contributed by atoms with van der Waals surface area (Å²) in [4.78, 5) is 0. The standard InChI is InChI=1S/C54H36N2OSi/c1-4-15-40(16-5-1)58(41-17-6-2-7-18-41,42-19-8-3-9-20-42)43-32-34-49-47(36-43)44-21-10-11-23-48(44)55(49)39-30-27-37(28-31-39)38-29-33-45-46-22-14-26-53-54(46)56(51(45)35-38)50-24-12-13-25-52(50)57-53/h1-36H. The molecular formula is C54H36N2OSi. The lowest BCUT2D eigenvalue weighted by molar-refractivity contribution is 0.476. The van der Waals surface area contributed by atoms with Crippen molar-refractivity contribution in [2.45, 2.75) is 0 Å². The van der Waals surface area contributed by atoms with Crippen molar-refractivity contribution in [1.82, 2.24) is 9.13 Å². The molecule has 1 aliphatic heterocycles. The van der Waals surface area contributed by atoms with Gasteiger partial charge in [-0.1, -0.05) is 170 Å². The topological polar surface area (TPSA) is 19.1 Å². The summed E-state index contributed by atoms with van der Waals surface area (Å²) >= 11 is 0. The summed E-state index contributed by atoms with van der Waals surface area (Å²) in [6.07, 6.45) is 0. The molecule has 0 radical (unpaired) electrons. The normalized spacial score (nSPS) is 12.3. The van der Waals surface area contributed by atoms with E-state index in [-0.39, 0.29) is 0 Å². The van der Waals surface area contributed by atoms with Gasteiger partial charge in [-0.2, -0.15) is 0 Å². The molecule has 0 amide bonds. The van der Waals surface area contributed by atoms with Crippen LogP contribution in [-0.2, 0) is 0 Å². The molecule has 0 aliphatic carbocycles. The number of benzene rings is 9. The quantitative estimate of drug-likeness (QED) is 0.122. The van der Waals surface area contributed by atoms with E-state index in [4.69, 9.17) is 4.74 Å². The molecule has 0 fully saturated rings. The average molecular weight is 757 g/mol. The highest BCUT2D eigenvalue weighted by Gasteiger charge is 2.41. The highest BCUT2D eigenvalue weighted by Crippen LogP contribution is 2.46. The van der Waals surface area contributed by atoms with E-state index in [1.54, 1.807) is 0 Å². The van der Waals surface area contributed by atoms with Gasteiger partial charge in [0.15, 0.2) is 19.6 Å². The van der Waals surface area contributed by atoms with E-state index in [0.717, 1.165) is 28.4 Å². The first-order chi connectivity index (χ1) is 28.8. The van der Waals surface area contributed by atoms with Gasteiger partial charge in [0, 0.05) is 27.2 Å². The van der Waals surface area contributed by atoms with Crippen molar-refractivity contribution in [3.8, 4) is 34.0 Å². The SMILES string of the molecule is c1ccc([Si](c2ccccc2)(c2ccccc2)c2ccc3c(c2)c2ccccc2n3-c2ccc(-c3ccc4c5cccc6c5n(c4c3)-c3ccccc3O6)cc2)cc1. The zero-order valence-electron chi connectivity index (χ0n) is 31.6. The monoisotopic (exact) mass is 756 g/mol. The van der Waals surface area contributed by atoms with Gasteiger partial charge in [0.2, 0.25) is 0 Å². The van der Waals surface area contributed by atoms with Gasteiger partial charge in [0.1, 0.15) is 0 Å². The maximum absolute atomic E-state index is 6.37. The Balaban J connectivity index is 1.01. The van der Waals surface area contributed by atoms with Crippen LogP contribution in [0.4, 0.5) is 0 Å². The van der Waals surface area contributed by atoms with Crippen molar-refractivity contribution in [2.24, 2.45) is 0 Å². The number of rotatable bonds is 6. The van der Waals surface area contributed by atoms with Crippen LogP contribution in [0.5, 0.6) is 11.5 Å². The van der Waals surface area contributed by atoms with E-state index in [9.17, 15) is 0 Å². The fourth-order valence-electron chi connectivity index (χ4n) is 9.75. The molecule has 1 aliphatic rings. The third kappa shape index (κ3) is 4.73. The first-order valence-corrected chi connectivity index (χ1v) is 21.9. The highest BCUT2D eigenvalue weighted by atomic mass is 28.3. The van der Waals surface area contributed by atoms with E-state index in [2.05, 4.69) is 221 Å². The van der Waals surface area contributed by atoms with Gasteiger partial charge in [-0.3, -0.25) is 0 Å². The van der Waals surface area contributed by atoms with Gasteiger partial charge in [0.05, 0.1) is 27.8 Å². The van der Waals surface area contributed by atoms with Crippen molar-refractivity contribution in [2.75, 3.05) is 0 Å². The molecule has 11 aromatic rings. The highest BCUT2D eigenvalue weighted by molar-refractivity contribution is 7.20. The maximum Gasteiger partial charge on any atom is 0.179 e. The van der Waals surface area contributed by atoms with Gasteiger partial charge in [-0.15, -0.1) is 0 Å². The number of hydrogen-bond acceptors (Lipinski definition) is 1. The Morgan fingerprint density at radius 2 is 0.897 bits per heavy atom. The molecule has 0 saturated heterocycles. The number of para-hydroxylation sites is 4. The lowest BCUT2D eigenvalue weighted by atomic mass is 10.0. The van der Waals surface area contributed by atoms with E-state index in [0.29, 0.717) is 0 Å². The molecule has 0 saturated carbocycles. The van der Waals surface area contributed by atoms with Crippen molar-refractivity contribution in [3.63, 3.8) is 0 Å². The van der Waals surface area contributed by atoms with Crippen molar-refractivity contribution < 1.29 is 4.74 Å². The minimum absolute atomic E-state index is 0.876. The average Bonchev–Trinajstić information content (AvgIpc) is 3.81. The lowest BCUT2D eigenvalue weighted by Gasteiger charge is -2.34. The molecule has 0 atom stereocenters. The van der Waals surface area contributed by atoms with Crippen LogP contribution in [0.25, 0.3) is 66.1 Å². The predicted molar refractivity (Wildman–Crippen MR) is 244 cm³/mol. The summed E-state index contributed by atoms with van der Waals surface area (Å²) in [7, 11) is -2.69. The van der Waals surface area contributed by atoms with Crippen molar-refractivity contribution in [3.05, 3.63) is 218 Å². The Kier molecular flexibility index (Phi) is 7.25. The Labute approximate surface area is 337 Å². The molecule has 0 N–H and O–H groups in total. The largest absolute Gasteiger partial charge is 0.453 e. The molecule has 4 heteroatoms. The van der Waals surface area contributed by atoms with Crippen LogP contribution in [0.2, 0.25) is 0 Å². The van der Waals surface area contributed by atoms with E-state index >= 15 is 0 Å². The second-order valence-electron chi connectivity index (χ2n) is 15.3. The summed E-state index contributed by atoms with van der Waals surface area (Å²) in [6, 6.07) is 80.2. The smallest absolute Gasteiger partial charge is 0.179 e. The molecule has 272 valence electrons. The summed E-state index contributed by atoms with van der Waals surface area (Å²) in [6.45, 7) is 0. The third-order valence-corrected chi connectivity index (χ3v) is 17.0. The van der Waals surface area contributed by atoms with E-state index in [1.165, 1.54) is 70.0 Å². The first-order valence-electron chi connectivity index (χ1n) is 19.9. The van der Waals surface area contributed by atoms with E-state index in [1.807, 2.05) is 6.07 Å². The van der Waals surface area contributed by atoms with Crippen LogP contribution in [0, 0.1) is 0 Å². The Bertz CT molecular complexity index is 3250. The second-order valence-corrected chi connectivity index (χ2v) is 19.1. The molecule has 12 rings (SSSR count). The predicted octanol–water partition coefficient (Wildman–Crippen LogP) is 11.0. The van der Waals surface area contributed by atoms with Gasteiger partial charge < -0.3 is 13.9 Å². The second kappa shape index (κ2) is 12.8. The van der Waals surface area contributed by atoms with E-state index < -0.39 is 8.07 Å². The fraction of sp³-hybridized carbons (Fsp3) is 0. The van der Waals surface area contributed by atoms with Crippen molar-refractivity contribution in [1.29, 1.82) is 0 Å². The Morgan fingerprint density at radius 3 is 1.62 bits per heavy atom. The van der Waals surface area contributed by atoms with Crippen molar-refractivity contribution >= 4 is 72.4 Å². The third-order valence-electron chi connectivity index (χ3n) is 12.3. The molecule has 2 aromatic heterocycles.